The van der Waals surface area contributed by atoms with Crippen molar-refractivity contribution < 1.29 is 14.3 Å². The van der Waals surface area contributed by atoms with E-state index >= 15 is 0 Å². The molecule has 0 saturated carbocycles. The van der Waals surface area contributed by atoms with E-state index in [1.807, 2.05) is 38.1 Å². The Morgan fingerprint density at radius 1 is 1.14 bits per heavy atom. The molecule has 10 heteroatoms. The minimum atomic E-state index is -0.280. The van der Waals surface area contributed by atoms with Crippen LogP contribution >= 0.6 is 11.6 Å². The van der Waals surface area contributed by atoms with Gasteiger partial charge >= 0.3 is 5.56 Å². The van der Waals surface area contributed by atoms with Crippen LogP contribution < -0.4 is 20.3 Å². The van der Waals surface area contributed by atoms with Crippen LogP contribution in [0.5, 0.6) is 11.5 Å². The van der Waals surface area contributed by atoms with Gasteiger partial charge in [-0.25, -0.2) is 0 Å². The number of anilines is 1. The van der Waals surface area contributed by atoms with E-state index in [0.29, 0.717) is 41.0 Å². The van der Waals surface area contributed by atoms with Gasteiger partial charge in [-0.3, -0.25) is 18.6 Å². The summed E-state index contributed by atoms with van der Waals surface area (Å²) in [4.78, 5) is 25.5. The molecule has 35 heavy (non-hydrogen) atoms. The summed E-state index contributed by atoms with van der Waals surface area (Å²) in [5, 5.41) is 11.6. The third-order valence-electron chi connectivity index (χ3n) is 5.47. The fourth-order valence-corrected chi connectivity index (χ4v) is 4.06. The van der Waals surface area contributed by atoms with Gasteiger partial charge in [-0.15, -0.1) is 10.2 Å². The monoisotopic (exact) mass is 495 g/mol. The lowest BCUT2D eigenvalue weighted by Gasteiger charge is -2.12. The highest BCUT2D eigenvalue weighted by Crippen LogP contribution is 2.27. The largest absolute Gasteiger partial charge is 0.495 e. The number of carbonyl (C=O) groups is 1. The van der Waals surface area contributed by atoms with Crippen LogP contribution in [0, 0.1) is 5.92 Å². The highest BCUT2D eigenvalue weighted by molar-refractivity contribution is 6.32. The van der Waals surface area contributed by atoms with Gasteiger partial charge in [0.25, 0.3) is 0 Å². The highest BCUT2D eigenvalue weighted by Gasteiger charge is 2.17. The Labute approximate surface area is 207 Å². The Hall–Kier alpha value is -3.85. The molecule has 0 fully saturated rings. The van der Waals surface area contributed by atoms with Gasteiger partial charge in [0.15, 0.2) is 0 Å². The number of carbonyl (C=O) groups excluding carboxylic acids is 1. The Morgan fingerprint density at radius 3 is 2.60 bits per heavy atom. The second-order valence-corrected chi connectivity index (χ2v) is 8.53. The fourth-order valence-electron chi connectivity index (χ4n) is 3.80. The lowest BCUT2D eigenvalue weighted by molar-refractivity contribution is -0.116. The number of nitrogens with one attached hydrogen (secondary N) is 1. The smallest absolute Gasteiger partial charge is 0.300 e. The van der Waals surface area contributed by atoms with E-state index < -0.39 is 0 Å². The van der Waals surface area contributed by atoms with Crippen molar-refractivity contribution in [2.24, 2.45) is 5.92 Å². The summed E-state index contributed by atoms with van der Waals surface area (Å²) in [5.41, 5.74) is 1.24. The van der Waals surface area contributed by atoms with Crippen molar-refractivity contribution >= 4 is 28.8 Å². The molecule has 0 unspecified atom stereocenters. The second-order valence-electron chi connectivity index (χ2n) is 8.12. The number of ether oxygens (including phenoxy) is 2. The van der Waals surface area contributed by atoms with Gasteiger partial charge in [-0.1, -0.05) is 18.5 Å². The van der Waals surface area contributed by atoms with Crippen LogP contribution in [0.2, 0.25) is 5.02 Å². The molecule has 0 aliphatic rings. The molecule has 0 aliphatic heterocycles. The second kappa shape index (κ2) is 10.6. The summed E-state index contributed by atoms with van der Waals surface area (Å²) in [6.45, 7) is 4.44. The van der Waals surface area contributed by atoms with Crippen molar-refractivity contribution in [3.63, 3.8) is 0 Å². The molecule has 2 aromatic heterocycles. The molecule has 182 valence electrons. The van der Waals surface area contributed by atoms with E-state index in [0.717, 1.165) is 5.75 Å². The zero-order chi connectivity index (χ0) is 24.9. The number of aromatic nitrogens is 4. The summed E-state index contributed by atoms with van der Waals surface area (Å²) < 4.78 is 13.8. The Balaban J connectivity index is 1.44. The maximum atomic E-state index is 13.0. The van der Waals surface area contributed by atoms with Crippen molar-refractivity contribution in [3.8, 4) is 17.2 Å². The average molecular weight is 496 g/mol. The molecule has 0 radical (unpaired) electrons. The number of nitrogens with zero attached hydrogens (tertiary/aromatic N) is 4. The highest BCUT2D eigenvalue weighted by atomic mass is 35.5. The number of methoxy groups -OCH3 is 1. The van der Waals surface area contributed by atoms with Crippen molar-refractivity contribution in [2.45, 2.75) is 26.7 Å². The first-order valence-electron chi connectivity index (χ1n) is 11.2. The maximum absolute atomic E-state index is 13.0. The lowest BCUT2D eigenvalue weighted by atomic mass is 10.0. The number of benzene rings is 2. The van der Waals surface area contributed by atoms with E-state index in [2.05, 4.69) is 15.5 Å². The van der Waals surface area contributed by atoms with E-state index in [1.54, 1.807) is 35.0 Å². The number of fused-ring (bicyclic) bond motifs is 1. The Bertz CT molecular complexity index is 1400. The molecule has 1 atom stereocenters. The number of halogens is 1. The number of hydrogen-bond donors (Lipinski definition) is 1. The van der Waals surface area contributed by atoms with Crippen LogP contribution in [-0.4, -0.2) is 38.8 Å². The molecule has 1 N–H and O–H groups in total. The van der Waals surface area contributed by atoms with Crippen LogP contribution in [0.3, 0.4) is 0 Å². The molecule has 4 rings (SSSR count). The van der Waals surface area contributed by atoms with Crippen LogP contribution in [0.25, 0.3) is 11.3 Å². The molecule has 1 amide bonds. The standard InChI is InChI=1S/C25H26ClN5O4/c1-4-35-19-8-6-18(7-9-19)30-11-12-31-22(28-29-24(31)25(30)33)13-16(2)14-23(32)27-17-5-10-21(34-3)20(26)15-17/h5-12,15-16H,4,13-14H2,1-3H3,(H,27,32)/t16-/m0/s1. The molecular formula is C25H26ClN5O4. The molecule has 2 heterocycles. The van der Waals surface area contributed by atoms with Crippen molar-refractivity contribution in [1.29, 1.82) is 0 Å². The van der Waals surface area contributed by atoms with E-state index in [-0.39, 0.29) is 29.5 Å². The normalized spacial score (nSPS) is 11.9. The van der Waals surface area contributed by atoms with Crippen molar-refractivity contribution in [3.05, 3.63) is 76.1 Å². The first-order valence-corrected chi connectivity index (χ1v) is 11.6. The summed E-state index contributed by atoms with van der Waals surface area (Å²) in [7, 11) is 1.53. The molecule has 9 nitrogen and oxygen atoms in total. The van der Waals surface area contributed by atoms with Gasteiger partial charge in [-0.05, 0) is 55.3 Å². The Kier molecular flexibility index (Phi) is 7.36. The van der Waals surface area contributed by atoms with Crippen molar-refractivity contribution in [2.75, 3.05) is 19.0 Å². The summed E-state index contributed by atoms with van der Waals surface area (Å²) in [6, 6.07) is 12.3. The molecule has 0 aliphatic carbocycles. The minimum absolute atomic E-state index is 0.0374. The van der Waals surface area contributed by atoms with Gasteiger partial charge in [0.1, 0.15) is 17.3 Å². The number of amides is 1. The predicted molar refractivity (Wildman–Crippen MR) is 134 cm³/mol. The molecule has 0 spiro atoms. The van der Waals surface area contributed by atoms with Gasteiger partial charge < -0.3 is 14.8 Å². The van der Waals surface area contributed by atoms with Crippen LogP contribution in [0.1, 0.15) is 26.1 Å². The molecule has 2 aromatic carbocycles. The zero-order valence-electron chi connectivity index (χ0n) is 19.7. The molecule has 4 aromatic rings. The zero-order valence-corrected chi connectivity index (χ0v) is 20.5. The summed E-state index contributed by atoms with van der Waals surface area (Å²) in [6.07, 6.45) is 4.18. The third kappa shape index (κ3) is 5.46. The molecule has 0 saturated heterocycles. The Morgan fingerprint density at radius 2 is 1.91 bits per heavy atom. The minimum Gasteiger partial charge on any atom is -0.495 e. The summed E-state index contributed by atoms with van der Waals surface area (Å²) in [5.74, 6) is 1.71. The maximum Gasteiger partial charge on any atom is 0.300 e. The van der Waals surface area contributed by atoms with Crippen LogP contribution in [-0.2, 0) is 11.2 Å². The first-order chi connectivity index (χ1) is 16.9. The van der Waals surface area contributed by atoms with Crippen LogP contribution in [0.4, 0.5) is 5.69 Å². The average Bonchev–Trinajstić information content (AvgIpc) is 3.23. The van der Waals surface area contributed by atoms with Crippen LogP contribution in [0.15, 0.2) is 59.7 Å². The molecular weight excluding hydrogens is 470 g/mol. The summed E-state index contributed by atoms with van der Waals surface area (Å²) >= 11 is 6.12. The number of hydrogen-bond acceptors (Lipinski definition) is 6. The molecule has 0 bridgehead atoms. The van der Waals surface area contributed by atoms with Gasteiger partial charge in [0.05, 0.1) is 18.7 Å². The van der Waals surface area contributed by atoms with Gasteiger partial charge in [0.2, 0.25) is 11.6 Å². The first kappa shape index (κ1) is 24.3. The predicted octanol–water partition coefficient (Wildman–Crippen LogP) is 4.15. The fraction of sp³-hybridized carbons (Fsp3) is 0.280. The van der Waals surface area contributed by atoms with E-state index in [4.69, 9.17) is 21.1 Å². The van der Waals surface area contributed by atoms with Crippen molar-refractivity contribution in [1.82, 2.24) is 19.2 Å². The number of rotatable bonds is 9. The third-order valence-corrected chi connectivity index (χ3v) is 5.76. The van der Waals surface area contributed by atoms with E-state index in [1.165, 1.54) is 11.7 Å². The SMILES string of the molecule is CCOc1ccc(-n2ccn3c(C[C@H](C)CC(=O)Nc4ccc(OC)c(Cl)c4)nnc3c2=O)cc1. The van der Waals surface area contributed by atoms with Gasteiger partial charge in [0, 0.05) is 36.6 Å². The quantitative estimate of drug-likeness (QED) is 0.374. The topological polar surface area (TPSA) is 99.8 Å². The van der Waals surface area contributed by atoms with Gasteiger partial charge in [-0.2, -0.15) is 0 Å². The van der Waals surface area contributed by atoms with E-state index in [9.17, 15) is 9.59 Å². The lowest BCUT2D eigenvalue weighted by Crippen LogP contribution is -2.21.